The van der Waals surface area contributed by atoms with Crippen molar-refractivity contribution in [3.05, 3.63) is 59.5 Å². The van der Waals surface area contributed by atoms with Gasteiger partial charge in [0.05, 0.1) is 11.9 Å². The van der Waals surface area contributed by atoms with Crippen LogP contribution in [0.5, 0.6) is 0 Å². The van der Waals surface area contributed by atoms with Crippen molar-refractivity contribution in [2.75, 3.05) is 18.0 Å². The van der Waals surface area contributed by atoms with Crippen molar-refractivity contribution in [2.45, 2.75) is 25.7 Å². The molecule has 1 atom stereocenters. The van der Waals surface area contributed by atoms with E-state index >= 15 is 0 Å². The standard InChI is InChI=1S/C19H20N4O/c1-14-10-16(11-23-18(14)20-17(12-24)21-23)22-9-8-19(2,13-22)15-6-4-3-5-7-15/h3-7,10-12H,8-9,13H2,1-2H3. The van der Waals surface area contributed by atoms with Crippen molar-refractivity contribution in [2.24, 2.45) is 0 Å². The highest BCUT2D eigenvalue weighted by Crippen LogP contribution is 2.36. The van der Waals surface area contributed by atoms with Crippen LogP contribution in [-0.2, 0) is 5.41 Å². The smallest absolute Gasteiger partial charge is 0.214 e. The maximum atomic E-state index is 10.9. The highest BCUT2D eigenvalue weighted by molar-refractivity contribution is 5.71. The fourth-order valence-corrected chi connectivity index (χ4v) is 3.63. The van der Waals surface area contributed by atoms with Crippen molar-refractivity contribution >= 4 is 17.6 Å². The van der Waals surface area contributed by atoms with E-state index in [4.69, 9.17) is 0 Å². The Hall–Kier alpha value is -2.69. The maximum Gasteiger partial charge on any atom is 0.214 e. The molecule has 0 saturated carbocycles. The molecular formula is C19H20N4O. The Morgan fingerprint density at radius 1 is 1.25 bits per heavy atom. The summed E-state index contributed by atoms with van der Waals surface area (Å²) < 4.78 is 1.71. The largest absolute Gasteiger partial charge is 0.369 e. The zero-order valence-electron chi connectivity index (χ0n) is 13.9. The third-order valence-electron chi connectivity index (χ3n) is 5.03. The van der Waals surface area contributed by atoms with E-state index in [1.165, 1.54) is 5.56 Å². The number of hydrogen-bond donors (Lipinski definition) is 0. The number of benzene rings is 1. The first-order valence-electron chi connectivity index (χ1n) is 8.22. The molecule has 0 aliphatic carbocycles. The average Bonchev–Trinajstić information content (AvgIpc) is 3.20. The molecule has 2 aromatic heterocycles. The van der Waals surface area contributed by atoms with Crippen molar-refractivity contribution in [3.63, 3.8) is 0 Å². The Balaban J connectivity index is 1.68. The van der Waals surface area contributed by atoms with E-state index in [-0.39, 0.29) is 11.2 Å². The number of anilines is 1. The van der Waals surface area contributed by atoms with Gasteiger partial charge in [-0.05, 0) is 30.5 Å². The zero-order chi connectivity index (χ0) is 16.7. The third kappa shape index (κ3) is 2.37. The molecule has 1 aliphatic heterocycles. The summed E-state index contributed by atoms with van der Waals surface area (Å²) in [7, 11) is 0. The van der Waals surface area contributed by atoms with Gasteiger partial charge in [0.1, 0.15) is 0 Å². The minimum absolute atomic E-state index is 0.153. The highest BCUT2D eigenvalue weighted by atomic mass is 16.1. The SMILES string of the molecule is Cc1cc(N2CCC(C)(c3ccccc3)C2)cn2nc(C=O)nc12. The van der Waals surface area contributed by atoms with Crippen molar-refractivity contribution in [1.82, 2.24) is 14.6 Å². The maximum absolute atomic E-state index is 10.9. The lowest BCUT2D eigenvalue weighted by molar-refractivity contribution is 0.111. The molecule has 3 heterocycles. The molecule has 122 valence electrons. The van der Waals surface area contributed by atoms with Crippen LogP contribution in [0, 0.1) is 6.92 Å². The number of fused-ring (bicyclic) bond motifs is 1. The van der Waals surface area contributed by atoms with E-state index in [0.717, 1.165) is 36.4 Å². The van der Waals surface area contributed by atoms with Crippen LogP contribution in [0.25, 0.3) is 5.65 Å². The second-order valence-electron chi connectivity index (χ2n) is 6.84. The molecule has 0 bridgehead atoms. The molecule has 1 fully saturated rings. The van der Waals surface area contributed by atoms with Crippen LogP contribution >= 0.6 is 0 Å². The van der Waals surface area contributed by atoms with Crippen LogP contribution in [-0.4, -0.2) is 34.0 Å². The number of pyridine rings is 1. The van der Waals surface area contributed by atoms with Gasteiger partial charge in [0.25, 0.3) is 0 Å². The number of hydrogen-bond acceptors (Lipinski definition) is 4. The lowest BCUT2D eigenvalue weighted by Gasteiger charge is -2.26. The minimum Gasteiger partial charge on any atom is -0.369 e. The molecule has 0 spiro atoms. The normalized spacial score (nSPS) is 20.7. The van der Waals surface area contributed by atoms with Gasteiger partial charge < -0.3 is 4.90 Å². The molecule has 0 amide bonds. The Bertz CT molecular complexity index is 902. The minimum atomic E-state index is 0.153. The van der Waals surface area contributed by atoms with E-state index in [2.05, 4.69) is 58.3 Å². The van der Waals surface area contributed by atoms with E-state index < -0.39 is 0 Å². The predicted octanol–water partition coefficient (Wildman–Crippen LogP) is 3.02. The first-order chi connectivity index (χ1) is 11.6. The second kappa shape index (κ2) is 5.44. The van der Waals surface area contributed by atoms with Crippen LogP contribution in [0.3, 0.4) is 0 Å². The van der Waals surface area contributed by atoms with Gasteiger partial charge in [-0.1, -0.05) is 37.3 Å². The highest BCUT2D eigenvalue weighted by Gasteiger charge is 2.35. The van der Waals surface area contributed by atoms with Crippen molar-refractivity contribution in [3.8, 4) is 0 Å². The van der Waals surface area contributed by atoms with Gasteiger partial charge in [-0.2, -0.15) is 0 Å². The summed E-state index contributed by atoms with van der Waals surface area (Å²) in [4.78, 5) is 17.6. The Labute approximate surface area is 140 Å². The van der Waals surface area contributed by atoms with Gasteiger partial charge in [0.2, 0.25) is 5.82 Å². The molecule has 0 radical (unpaired) electrons. The Morgan fingerprint density at radius 2 is 2.04 bits per heavy atom. The summed E-state index contributed by atoms with van der Waals surface area (Å²) in [5.41, 5.74) is 4.43. The molecule has 24 heavy (non-hydrogen) atoms. The molecule has 1 aliphatic rings. The zero-order valence-corrected chi connectivity index (χ0v) is 13.9. The summed E-state index contributed by atoms with van der Waals surface area (Å²) in [5, 5.41) is 4.23. The molecule has 4 rings (SSSR count). The molecular weight excluding hydrogens is 300 g/mol. The molecule has 5 heteroatoms. The number of carbonyl (C=O) groups excluding carboxylic acids is 1. The fraction of sp³-hybridized carbons (Fsp3) is 0.316. The topological polar surface area (TPSA) is 50.5 Å². The number of aryl methyl sites for hydroxylation is 1. The van der Waals surface area contributed by atoms with Gasteiger partial charge in [-0.3, -0.25) is 4.79 Å². The quantitative estimate of drug-likeness (QED) is 0.696. The van der Waals surface area contributed by atoms with Crippen molar-refractivity contribution < 1.29 is 4.79 Å². The average molecular weight is 320 g/mol. The molecule has 3 aromatic rings. The van der Waals surface area contributed by atoms with Gasteiger partial charge >= 0.3 is 0 Å². The van der Waals surface area contributed by atoms with Crippen LogP contribution < -0.4 is 4.90 Å². The van der Waals surface area contributed by atoms with Crippen LogP contribution in [0.1, 0.15) is 35.1 Å². The van der Waals surface area contributed by atoms with E-state index in [1.807, 2.05) is 13.1 Å². The first-order valence-corrected chi connectivity index (χ1v) is 8.22. The summed E-state index contributed by atoms with van der Waals surface area (Å²) in [6.07, 6.45) is 3.78. The van der Waals surface area contributed by atoms with Crippen LogP contribution in [0.15, 0.2) is 42.6 Å². The predicted molar refractivity (Wildman–Crippen MR) is 93.7 cm³/mol. The van der Waals surface area contributed by atoms with Gasteiger partial charge in [-0.25, -0.2) is 9.50 Å². The third-order valence-corrected chi connectivity index (χ3v) is 5.03. The number of rotatable bonds is 3. The first kappa shape index (κ1) is 14.9. The Kier molecular flexibility index (Phi) is 3.37. The molecule has 1 saturated heterocycles. The fourth-order valence-electron chi connectivity index (χ4n) is 3.63. The van der Waals surface area contributed by atoms with Crippen LogP contribution in [0.2, 0.25) is 0 Å². The van der Waals surface area contributed by atoms with Crippen molar-refractivity contribution in [1.29, 1.82) is 0 Å². The summed E-state index contributed by atoms with van der Waals surface area (Å²) in [6.45, 7) is 6.31. The Morgan fingerprint density at radius 3 is 2.79 bits per heavy atom. The number of nitrogens with zero attached hydrogens (tertiary/aromatic N) is 4. The lowest BCUT2D eigenvalue weighted by atomic mass is 9.82. The monoisotopic (exact) mass is 320 g/mol. The summed E-state index contributed by atoms with van der Waals surface area (Å²) in [6, 6.07) is 12.8. The summed E-state index contributed by atoms with van der Waals surface area (Å²) in [5.74, 6) is 0.228. The molecule has 5 nitrogen and oxygen atoms in total. The van der Waals surface area contributed by atoms with Gasteiger partial charge in [-0.15, -0.1) is 5.10 Å². The lowest BCUT2D eigenvalue weighted by Crippen LogP contribution is -2.28. The van der Waals surface area contributed by atoms with Gasteiger partial charge in [0, 0.05) is 18.5 Å². The molecule has 0 N–H and O–H groups in total. The second-order valence-corrected chi connectivity index (χ2v) is 6.84. The number of carbonyl (C=O) groups is 1. The number of aldehydes is 1. The number of aromatic nitrogens is 3. The van der Waals surface area contributed by atoms with Crippen LogP contribution in [0.4, 0.5) is 5.69 Å². The molecule has 1 aromatic carbocycles. The summed E-state index contributed by atoms with van der Waals surface area (Å²) >= 11 is 0. The van der Waals surface area contributed by atoms with E-state index in [1.54, 1.807) is 4.52 Å². The van der Waals surface area contributed by atoms with E-state index in [0.29, 0.717) is 6.29 Å². The van der Waals surface area contributed by atoms with Gasteiger partial charge in [0.15, 0.2) is 11.9 Å². The van der Waals surface area contributed by atoms with E-state index in [9.17, 15) is 4.79 Å². The molecule has 1 unspecified atom stereocenters.